The van der Waals surface area contributed by atoms with E-state index in [4.69, 9.17) is 5.73 Å². The Bertz CT molecular complexity index is 791. The maximum absolute atomic E-state index is 5.92. The molecule has 0 bridgehead atoms. The second-order valence-corrected chi connectivity index (χ2v) is 6.06. The summed E-state index contributed by atoms with van der Waals surface area (Å²) in [6.45, 7) is 2.52. The van der Waals surface area contributed by atoms with Gasteiger partial charge in [-0.05, 0) is 19.1 Å². The largest absolute Gasteiger partial charge is 0.370 e. The minimum atomic E-state index is 0.392. The second kappa shape index (κ2) is 7.07. The van der Waals surface area contributed by atoms with Gasteiger partial charge in [0.05, 0.1) is 12.2 Å². The van der Waals surface area contributed by atoms with E-state index >= 15 is 0 Å². The molecule has 23 heavy (non-hydrogen) atoms. The molecular weight excluding hydrogens is 304 g/mol. The Hall–Kier alpha value is -2.66. The molecular formula is C18H18N4S. The number of hydrogen-bond donors (Lipinski definition) is 2. The molecule has 4 nitrogen and oxygen atoms in total. The van der Waals surface area contributed by atoms with E-state index in [0.29, 0.717) is 12.5 Å². The fourth-order valence-electron chi connectivity index (χ4n) is 2.08. The smallest absolute Gasteiger partial charge is 0.193 e. The topological polar surface area (TPSA) is 63.3 Å². The third-order valence-corrected chi connectivity index (χ3v) is 4.25. The van der Waals surface area contributed by atoms with Gasteiger partial charge in [0.25, 0.3) is 0 Å². The first-order valence-electron chi connectivity index (χ1n) is 7.34. The number of nitrogens with zero attached hydrogens (tertiary/aromatic N) is 2. The van der Waals surface area contributed by atoms with Gasteiger partial charge in [0.15, 0.2) is 5.96 Å². The van der Waals surface area contributed by atoms with Crippen molar-refractivity contribution in [2.45, 2.75) is 13.5 Å². The van der Waals surface area contributed by atoms with Crippen LogP contribution in [0, 0.1) is 6.92 Å². The molecule has 0 aliphatic heterocycles. The van der Waals surface area contributed by atoms with Crippen molar-refractivity contribution in [3.05, 3.63) is 71.2 Å². The van der Waals surface area contributed by atoms with E-state index in [1.165, 1.54) is 5.56 Å². The zero-order valence-electron chi connectivity index (χ0n) is 12.9. The van der Waals surface area contributed by atoms with Gasteiger partial charge in [-0.3, -0.25) is 0 Å². The lowest BCUT2D eigenvalue weighted by Crippen LogP contribution is -2.22. The average Bonchev–Trinajstić information content (AvgIpc) is 3.05. The van der Waals surface area contributed by atoms with Crippen LogP contribution in [0.3, 0.4) is 0 Å². The van der Waals surface area contributed by atoms with E-state index in [9.17, 15) is 0 Å². The highest BCUT2D eigenvalue weighted by atomic mass is 32.1. The minimum Gasteiger partial charge on any atom is -0.370 e. The maximum atomic E-state index is 5.92. The molecule has 3 aromatic rings. The van der Waals surface area contributed by atoms with Gasteiger partial charge >= 0.3 is 0 Å². The first-order valence-corrected chi connectivity index (χ1v) is 8.22. The normalized spacial score (nSPS) is 11.4. The van der Waals surface area contributed by atoms with E-state index in [1.54, 1.807) is 11.3 Å². The first kappa shape index (κ1) is 15.2. The molecule has 0 radical (unpaired) electrons. The molecule has 0 amide bonds. The van der Waals surface area contributed by atoms with Crippen LogP contribution in [0.2, 0.25) is 0 Å². The summed E-state index contributed by atoms with van der Waals surface area (Å²) in [5, 5.41) is 6.10. The summed E-state index contributed by atoms with van der Waals surface area (Å²) in [6.07, 6.45) is 0. The summed E-state index contributed by atoms with van der Waals surface area (Å²) in [7, 11) is 0. The van der Waals surface area contributed by atoms with Gasteiger partial charge in [-0.25, -0.2) is 9.98 Å². The molecule has 0 aliphatic rings. The highest BCUT2D eigenvalue weighted by molar-refractivity contribution is 7.13. The average molecular weight is 322 g/mol. The number of thiazole rings is 1. The molecule has 0 saturated heterocycles. The van der Waals surface area contributed by atoms with Crippen molar-refractivity contribution in [1.29, 1.82) is 0 Å². The third-order valence-electron chi connectivity index (χ3n) is 3.31. The summed E-state index contributed by atoms with van der Waals surface area (Å²) < 4.78 is 0. The molecule has 0 fully saturated rings. The fraction of sp³-hybridized carbons (Fsp3) is 0.111. The molecule has 0 unspecified atom stereocenters. The fourth-order valence-corrected chi connectivity index (χ4v) is 2.90. The van der Waals surface area contributed by atoms with Crippen LogP contribution in [-0.2, 0) is 6.54 Å². The minimum absolute atomic E-state index is 0.392. The predicted octanol–water partition coefficient (Wildman–Crippen LogP) is 4.05. The zero-order chi connectivity index (χ0) is 16.1. The van der Waals surface area contributed by atoms with E-state index < -0.39 is 0 Å². The summed E-state index contributed by atoms with van der Waals surface area (Å²) in [4.78, 5) is 8.95. The van der Waals surface area contributed by atoms with Crippen molar-refractivity contribution < 1.29 is 0 Å². The number of nitrogens with two attached hydrogens (primary N) is 1. The number of aliphatic imine (C=N–C) groups is 1. The standard InChI is InChI=1S/C18H18N4S/c1-13-7-9-15(10-8-13)22-18(19)20-11-16-12-23-17(21-16)14-5-3-2-4-6-14/h2-10,12H,11H2,1H3,(H3,19,20,22). The van der Waals surface area contributed by atoms with Crippen molar-refractivity contribution in [3.63, 3.8) is 0 Å². The quantitative estimate of drug-likeness (QED) is 0.563. The van der Waals surface area contributed by atoms with Gasteiger partial charge in [0, 0.05) is 16.6 Å². The molecule has 5 heteroatoms. The van der Waals surface area contributed by atoms with Gasteiger partial charge in [-0.15, -0.1) is 11.3 Å². The van der Waals surface area contributed by atoms with Crippen LogP contribution in [0.1, 0.15) is 11.3 Å². The maximum Gasteiger partial charge on any atom is 0.193 e. The molecule has 3 N–H and O–H groups in total. The highest BCUT2D eigenvalue weighted by Crippen LogP contribution is 2.23. The molecule has 0 atom stereocenters. The lowest BCUT2D eigenvalue weighted by molar-refractivity contribution is 1.01. The lowest BCUT2D eigenvalue weighted by Gasteiger charge is -2.05. The van der Waals surface area contributed by atoms with Crippen molar-refractivity contribution in [2.75, 3.05) is 5.32 Å². The van der Waals surface area contributed by atoms with Crippen LogP contribution in [0.15, 0.2) is 65.0 Å². The molecule has 2 aromatic carbocycles. The SMILES string of the molecule is Cc1ccc(NC(N)=NCc2csc(-c3ccccc3)n2)cc1. The van der Waals surface area contributed by atoms with E-state index in [0.717, 1.165) is 22.0 Å². The molecule has 116 valence electrons. The van der Waals surface area contributed by atoms with Crippen LogP contribution in [0.4, 0.5) is 5.69 Å². The monoisotopic (exact) mass is 322 g/mol. The van der Waals surface area contributed by atoms with Crippen molar-refractivity contribution in [3.8, 4) is 10.6 Å². The molecule has 1 heterocycles. The zero-order valence-corrected chi connectivity index (χ0v) is 13.7. The first-order chi connectivity index (χ1) is 11.2. The number of hydrogen-bond acceptors (Lipinski definition) is 3. The molecule has 0 aliphatic carbocycles. The third kappa shape index (κ3) is 4.17. The van der Waals surface area contributed by atoms with Gasteiger partial charge in [-0.1, -0.05) is 48.0 Å². The second-order valence-electron chi connectivity index (χ2n) is 5.20. The molecule has 3 rings (SSSR count). The van der Waals surface area contributed by atoms with E-state index in [-0.39, 0.29) is 0 Å². The summed E-state index contributed by atoms with van der Waals surface area (Å²) in [5.41, 5.74) is 10.1. The summed E-state index contributed by atoms with van der Waals surface area (Å²) in [6, 6.07) is 18.2. The van der Waals surface area contributed by atoms with Crippen molar-refractivity contribution in [1.82, 2.24) is 4.98 Å². The summed E-state index contributed by atoms with van der Waals surface area (Å²) in [5.74, 6) is 0.392. The van der Waals surface area contributed by atoms with Crippen LogP contribution in [0.5, 0.6) is 0 Å². The Kier molecular flexibility index (Phi) is 4.68. The lowest BCUT2D eigenvalue weighted by atomic mass is 10.2. The Labute approximate surface area is 139 Å². The van der Waals surface area contributed by atoms with E-state index in [1.807, 2.05) is 54.8 Å². The number of guanidine groups is 1. The van der Waals surface area contributed by atoms with Crippen LogP contribution >= 0.6 is 11.3 Å². The van der Waals surface area contributed by atoms with Gasteiger partial charge in [0.1, 0.15) is 5.01 Å². The number of rotatable bonds is 4. The van der Waals surface area contributed by atoms with Crippen molar-refractivity contribution in [2.24, 2.45) is 10.7 Å². The van der Waals surface area contributed by atoms with Gasteiger partial charge < -0.3 is 11.1 Å². The number of aryl methyl sites for hydroxylation is 1. The summed E-state index contributed by atoms with van der Waals surface area (Å²) >= 11 is 1.62. The van der Waals surface area contributed by atoms with Gasteiger partial charge in [-0.2, -0.15) is 0 Å². The van der Waals surface area contributed by atoms with Crippen LogP contribution < -0.4 is 11.1 Å². The Morgan fingerprint density at radius 1 is 1.13 bits per heavy atom. The number of benzene rings is 2. The Balaban J connectivity index is 1.63. The van der Waals surface area contributed by atoms with Crippen LogP contribution in [-0.4, -0.2) is 10.9 Å². The number of aromatic nitrogens is 1. The molecule has 0 spiro atoms. The number of nitrogens with one attached hydrogen (secondary N) is 1. The Morgan fingerprint density at radius 3 is 2.61 bits per heavy atom. The van der Waals surface area contributed by atoms with Crippen molar-refractivity contribution >= 4 is 23.0 Å². The van der Waals surface area contributed by atoms with E-state index in [2.05, 4.69) is 27.4 Å². The van der Waals surface area contributed by atoms with Gasteiger partial charge in [0.2, 0.25) is 0 Å². The Morgan fingerprint density at radius 2 is 1.87 bits per heavy atom. The predicted molar refractivity (Wildman–Crippen MR) is 97.7 cm³/mol. The molecule has 0 saturated carbocycles. The highest BCUT2D eigenvalue weighted by Gasteiger charge is 2.04. The molecule has 1 aromatic heterocycles. The number of anilines is 1. The van der Waals surface area contributed by atoms with Crippen LogP contribution in [0.25, 0.3) is 10.6 Å².